The summed E-state index contributed by atoms with van der Waals surface area (Å²) in [5.41, 5.74) is 2.86. The fourth-order valence-electron chi connectivity index (χ4n) is 2.02. The molecule has 0 radical (unpaired) electrons. The minimum atomic E-state index is -3.77. The van der Waals surface area contributed by atoms with E-state index >= 15 is 0 Å². The lowest BCUT2D eigenvalue weighted by molar-refractivity contribution is 0.598. The van der Waals surface area contributed by atoms with Crippen LogP contribution in [0, 0.1) is 13.8 Å². The van der Waals surface area contributed by atoms with E-state index in [9.17, 15) is 8.42 Å². The van der Waals surface area contributed by atoms with E-state index < -0.39 is 10.0 Å². The molecule has 21 heavy (non-hydrogen) atoms. The number of sulfonamides is 1. The molecule has 0 saturated heterocycles. The van der Waals surface area contributed by atoms with Gasteiger partial charge in [-0.15, -0.1) is 0 Å². The van der Waals surface area contributed by atoms with Crippen molar-refractivity contribution in [3.63, 3.8) is 0 Å². The molecule has 0 bridgehead atoms. The Labute approximate surface area is 133 Å². The molecule has 0 aliphatic carbocycles. The standard InChI is InChI=1S/C14H16BrN3O2S/c1-9-7-10(2)13(11(15)8-9)18-21(19,20)14-12(16-3)5-4-6-17-14/h4-8,16,18H,1-3H3. The number of hydrogen-bond donors (Lipinski definition) is 2. The third-order valence-corrected chi connectivity index (χ3v) is 4.90. The second-order valence-electron chi connectivity index (χ2n) is 4.65. The van der Waals surface area contributed by atoms with Crippen molar-refractivity contribution in [2.45, 2.75) is 18.9 Å². The van der Waals surface area contributed by atoms with Gasteiger partial charge in [-0.05, 0) is 59.1 Å². The molecule has 1 aromatic carbocycles. The molecule has 2 aromatic rings. The predicted octanol–water partition coefficient (Wildman–Crippen LogP) is 3.30. The van der Waals surface area contributed by atoms with Crippen LogP contribution in [0.1, 0.15) is 11.1 Å². The Kier molecular flexibility index (Phi) is 4.53. The van der Waals surface area contributed by atoms with Crippen LogP contribution in [-0.4, -0.2) is 20.4 Å². The van der Waals surface area contributed by atoms with Crippen molar-refractivity contribution in [3.05, 3.63) is 46.1 Å². The molecule has 1 heterocycles. The van der Waals surface area contributed by atoms with Gasteiger partial charge in [0.25, 0.3) is 10.0 Å². The zero-order valence-electron chi connectivity index (χ0n) is 11.9. The van der Waals surface area contributed by atoms with Crippen LogP contribution >= 0.6 is 15.9 Å². The largest absolute Gasteiger partial charge is 0.386 e. The van der Waals surface area contributed by atoms with Crippen molar-refractivity contribution < 1.29 is 8.42 Å². The molecule has 0 spiro atoms. The highest BCUT2D eigenvalue weighted by Crippen LogP contribution is 2.30. The number of pyridine rings is 1. The third kappa shape index (κ3) is 3.36. The highest BCUT2D eigenvalue weighted by atomic mass is 79.9. The maximum atomic E-state index is 12.5. The normalized spacial score (nSPS) is 11.2. The molecular formula is C14H16BrN3O2S. The van der Waals surface area contributed by atoms with Gasteiger partial charge in [-0.3, -0.25) is 4.72 Å². The number of aromatic nitrogens is 1. The molecule has 0 saturated carbocycles. The molecule has 5 nitrogen and oxygen atoms in total. The van der Waals surface area contributed by atoms with Crippen molar-refractivity contribution in [3.8, 4) is 0 Å². The average molecular weight is 370 g/mol. The number of aryl methyl sites for hydroxylation is 2. The van der Waals surface area contributed by atoms with Crippen molar-refractivity contribution in [1.29, 1.82) is 0 Å². The average Bonchev–Trinajstić information content (AvgIpc) is 2.43. The van der Waals surface area contributed by atoms with Gasteiger partial charge in [0.05, 0.1) is 11.4 Å². The summed E-state index contributed by atoms with van der Waals surface area (Å²) in [7, 11) is -2.11. The molecule has 0 unspecified atom stereocenters. The Hall–Kier alpha value is -1.60. The van der Waals surface area contributed by atoms with Gasteiger partial charge >= 0.3 is 0 Å². The molecule has 0 aliphatic rings. The first-order valence-corrected chi connectivity index (χ1v) is 8.55. The van der Waals surface area contributed by atoms with E-state index in [1.54, 1.807) is 19.2 Å². The Morgan fingerprint density at radius 2 is 1.95 bits per heavy atom. The topological polar surface area (TPSA) is 71.1 Å². The Balaban J connectivity index is 2.48. The Bertz CT molecular complexity index is 753. The van der Waals surface area contributed by atoms with E-state index in [-0.39, 0.29) is 5.03 Å². The van der Waals surface area contributed by atoms with Gasteiger partial charge in [0.15, 0.2) is 5.03 Å². The van der Waals surface area contributed by atoms with Crippen LogP contribution in [0.15, 0.2) is 40.0 Å². The van der Waals surface area contributed by atoms with Gasteiger partial charge in [0.1, 0.15) is 0 Å². The van der Waals surface area contributed by atoms with Crippen molar-refractivity contribution in [1.82, 2.24) is 4.98 Å². The van der Waals surface area contributed by atoms with Crippen molar-refractivity contribution >= 4 is 37.3 Å². The van der Waals surface area contributed by atoms with Crippen LogP contribution in [0.4, 0.5) is 11.4 Å². The molecule has 0 fully saturated rings. The number of rotatable bonds is 4. The first kappa shape index (κ1) is 15.8. The zero-order valence-corrected chi connectivity index (χ0v) is 14.3. The van der Waals surface area contributed by atoms with E-state index in [2.05, 4.69) is 31.0 Å². The summed E-state index contributed by atoms with van der Waals surface area (Å²) < 4.78 is 28.4. The molecule has 0 aliphatic heterocycles. The molecule has 2 N–H and O–H groups in total. The van der Waals surface area contributed by atoms with Crippen molar-refractivity contribution in [2.75, 3.05) is 17.1 Å². The lowest BCUT2D eigenvalue weighted by atomic mass is 10.1. The van der Waals surface area contributed by atoms with Crippen LogP contribution < -0.4 is 10.0 Å². The maximum Gasteiger partial charge on any atom is 0.281 e. The van der Waals surface area contributed by atoms with Crippen LogP contribution in [0.2, 0.25) is 0 Å². The van der Waals surface area contributed by atoms with E-state index in [0.29, 0.717) is 15.8 Å². The zero-order chi connectivity index (χ0) is 15.6. The van der Waals surface area contributed by atoms with Gasteiger partial charge in [-0.25, -0.2) is 4.98 Å². The highest BCUT2D eigenvalue weighted by Gasteiger charge is 2.21. The molecule has 0 atom stereocenters. The smallest absolute Gasteiger partial charge is 0.281 e. The molecule has 2 rings (SSSR count). The third-order valence-electron chi connectivity index (χ3n) is 2.96. The molecule has 0 amide bonds. The predicted molar refractivity (Wildman–Crippen MR) is 88.2 cm³/mol. The van der Waals surface area contributed by atoms with Gasteiger partial charge in [0, 0.05) is 17.7 Å². The quantitative estimate of drug-likeness (QED) is 0.866. The molecule has 112 valence electrons. The summed E-state index contributed by atoms with van der Waals surface area (Å²) in [6.45, 7) is 3.81. The molecular weight excluding hydrogens is 354 g/mol. The second-order valence-corrected chi connectivity index (χ2v) is 7.10. The van der Waals surface area contributed by atoms with E-state index in [4.69, 9.17) is 0 Å². The summed E-state index contributed by atoms with van der Waals surface area (Å²) in [6.07, 6.45) is 1.45. The number of anilines is 2. The summed E-state index contributed by atoms with van der Waals surface area (Å²) in [5.74, 6) is 0. The van der Waals surface area contributed by atoms with Gasteiger partial charge in [-0.2, -0.15) is 8.42 Å². The first-order valence-electron chi connectivity index (χ1n) is 6.27. The Morgan fingerprint density at radius 1 is 1.24 bits per heavy atom. The van der Waals surface area contributed by atoms with Crippen LogP contribution in [0.5, 0.6) is 0 Å². The Morgan fingerprint density at radius 3 is 2.57 bits per heavy atom. The number of nitrogens with one attached hydrogen (secondary N) is 2. The number of hydrogen-bond acceptors (Lipinski definition) is 4. The van der Waals surface area contributed by atoms with Gasteiger partial charge in [-0.1, -0.05) is 6.07 Å². The number of halogens is 1. The summed E-state index contributed by atoms with van der Waals surface area (Å²) in [4.78, 5) is 3.97. The fourth-order valence-corrected chi connectivity index (χ4v) is 4.22. The number of nitrogens with zero attached hydrogens (tertiary/aromatic N) is 1. The monoisotopic (exact) mass is 369 g/mol. The lowest BCUT2D eigenvalue weighted by Gasteiger charge is -2.14. The second kappa shape index (κ2) is 6.03. The van der Waals surface area contributed by atoms with E-state index in [0.717, 1.165) is 11.1 Å². The minimum Gasteiger partial charge on any atom is -0.386 e. The highest BCUT2D eigenvalue weighted by molar-refractivity contribution is 9.10. The summed E-state index contributed by atoms with van der Waals surface area (Å²) in [6, 6.07) is 7.12. The van der Waals surface area contributed by atoms with E-state index in [1.165, 1.54) is 6.20 Å². The van der Waals surface area contributed by atoms with Crippen molar-refractivity contribution in [2.24, 2.45) is 0 Å². The fraction of sp³-hybridized carbons (Fsp3) is 0.214. The minimum absolute atomic E-state index is 0.0284. The number of benzene rings is 1. The first-order chi connectivity index (χ1) is 9.85. The lowest BCUT2D eigenvalue weighted by Crippen LogP contribution is -2.17. The van der Waals surface area contributed by atoms with Gasteiger partial charge < -0.3 is 5.32 Å². The maximum absolute atomic E-state index is 12.5. The summed E-state index contributed by atoms with van der Waals surface area (Å²) >= 11 is 3.40. The SMILES string of the molecule is CNc1cccnc1S(=O)(=O)Nc1c(C)cc(C)cc1Br. The molecule has 7 heteroatoms. The molecule has 1 aromatic heterocycles. The van der Waals surface area contributed by atoms with Crippen LogP contribution in [0.3, 0.4) is 0 Å². The van der Waals surface area contributed by atoms with E-state index in [1.807, 2.05) is 26.0 Å². The van der Waals surface area contributed by atoms with Crippen LogP contribution in [0.25, 0.3) is 0 Å². The summed E-state index contributed by atoms with van der Waals surface area (Å²) in [5, 5.41) is 2.80. The van der Waals surface area contributed by atoms with Crippen LogP contribution in [-0.2, 0) is 10.0 Å². The van der Waals surface area contributed by atoms with Gasteiger partial charge in [0.2, 0.25) is 0 Å².